The summed E-state index contributed by atoms with van der Waals surface area (Å²) in [5.41, 5.74) is 1.01. The van der Waals surface area contributed by atoms with Crippen molar-refractivity contribution < 1.29 is 4.79 Å². The predicted octanol–water partition coefficient (Wildman–Crippen LogP) is 4.11. The highest BCUT2D eigenvalue weighted by Crippen LogP contribution is 2.25. The highest BCUT2D eigenvalue weighted by molar-refractivity contribution is 7.24. The molecule has 0 amide bonds. The lowest BCUT2D eigenvalue weighted by Gasteiger charge is -2.03. The third kappa shape index (κ3) is 2.47. The summed E-state index contributed by atoms with van der Waals surface area (Å²) in [7, 11) is 0. The molecule has 2 aromatic carbocycles. The first kappa shape index (κ1) is 13.3. The minimum absolute atomic E-state index is 0.0494. The van der Waals surface area contributed by atoms with Gasteiger partial charge >= 0.3 is 0 Å². The summed E-state index contributed by atoms with van der Waals surface area (Å²) in [6, 6.07) is 13.4. The molecule has 3 aromatic rings. The Kier molecular flexibility index (Phi) is 3.55. The van der Waals surface area contributed by atoms with Crippen LogP contribution in [0.4, 0.5) is 0 Å². The minimum atomic E-state index is -0.353. The largest absolute Gasteiger partial charge is 0.289 e. The summed E-state index contributed by atoms with van der Waals surface area (Å²) in [5.74, 6) is 0. The van der Waals surface area contributed by atoms with Gasteiger partial charge < -0.3 is 0 Å². The van der Waals surface area contributed by atoms with E-state index in [1.54, 1.807) is 11.3 Å². The summed E-state index contributed by atoms with van der Waals surface area (Å²) in [4.78, 5) is 23.3. The number of benzene rings is 2. The van der Waals surface area contributed by atoms with Crippen LogP contribution in [0.25, 0.3) is 20.2 Å². The van der Waals surface area contributed by atoms with Gasteiger partial charge in [-0.2, -0.15) is 0 Å². The van der Waals surface area contributed by atoms with E-state index in [2.05, 4.69) is 0 Å². The number of aryl methyl sites for hydroxylation is 1. The van der Waals surface area contributed by atoms with Gasteiger partial charge in [-0.25, -0.2) is 0 Å². The van der Waals surface area contributed by atoms with Crippen LogP contribution in [0.1, 0.15) is 12.0 Å². The Bertz CT molecular complexity index is 867. The van der Waals surface area contributed by atoms with Gasteiger partial charge in [-0.15, -0.1) is 11.3 Å². The summed E-state index contributed by atoms with van der Waals surface area (Å²) < 4.78 is 1.96. The number of rotatable bonds is 3. The average molecular weight is 303 g/mol. The lowest BCUT2D eigenvalue weighted by molar-refractivity contribution is -0.111. The second-order valence-electron chi connectivity index (χ2n) is 4.61. The monoisotopic (exact) mass is 302 g/mol. The van der Waals surface area contributed by atoms with Crippen molar-refractivity contribution in [1.29, 1.82) is 0 Å². The Hall–Kier alpha value is -1.71. The van der Waals surface area contributed by atoms with Gasteiger partial charge in [0, 0.05) is 26.6 Å². The van der Waals surface area contributed by atoms with Crippen LogP contribution in [-0.4, -0.2) is 5.24 Å². The normalized spacial score (nSPS) is 11.1. The smallest absolute Gasteiger partial charge is 0.221 e. The molecule has 0 bridgehead atoms. The summed E-state index contributed by atoms with van der Waals surface area (Å²) >= 11 is 6.96. The Morgan fingerprint density at radius 2 is 1.80 bits per heavy atom. The maximum atomic E-state index is 12.5. The second kappa shape index (κ2) is 5.35. The third-order valence-corrected chi connectivity index (χ3v) is 4.59. The molecule has 0 spiro atoms. The van der Waals surface area contributed by atoms with E-state index in [9.17, 15) is 9.59 Å². The lowest BCUT2D eigenvalue weighted by Crippen LogP contribution is -2.01. The van der Waals surface area contributed by atoms with Crippen LogP contribution in [-0.2, 0) is 11.2 Å². The molecule has 1 aromatic heterocycles. The van der Waals surface area contributed by atoms with Crippen LogP contribution < -0.4 is 5.43 Å². The maximum absolute atomic E-state index is 12.5. The number of carbonyl (C=O) groups excluding carboxylic acids is 1. The molecule has 4 heteroatoms. The van der Waals surface area contributed by atoms with Gasteiger partial charge in [0.1, 0.15) is 0 Å². The van der Waals surface area contributed by atoms with Gasteiger partial charge in [0.25, 0.3) is 0 Å². The third-order valence-electron chi connectivity index (χ3n) is 3.25. The van der Waals surface area contributed by atoms with E-state index in [1.807, 2.05) is 42.5 Å². The fraction of sp³-hybridized carbons (Fsp3) is 0.125. The zero-order chi connectivity index (χ0) is 14.1. The van der Waals surface area contributed by atoms with Crippen LogP contribution in [0.2, 0.25) is 0 Å². The molecular formula is C16H11ClO2S. The Labute approximate surface area is 124 Å². The van der Waals surface area contributed by atoms with Gasteiger partial charge in [-0.05, 0) is 47.9 Å². The van der Waals surface area contributed by atoms with Crippen molar-refractivity contribution in [3.05, 3.63) is 58.3 Å². The minimum Gasteiger partial charge on any atom is -0.289 e. The van der Waals surface area contributed by atoms with Crippen molar-refractivity contribution in [3.63, 3.8) is 0 Å². The molecule has 0 fully saturated rings. The van der Waals surface area contributed by atoms with E-state index >= 15 is 0 Å². The van der Waals surface area contributed by atoms with E-state index in [0.717, 1.165) is 20.3 Å². The van der Waals surface area contributed by atoms with Crippen molar-refractivity contribution in [2.45, 2.75) is 12.8 Å². The highest BCUT2D eigenvalue weighted by atomic mass is 35.5. The molecule has 0 saturated heterocycles. The molecule has 1 heterocycles. The summed E-state index contributed by atoms with van der Waals surface area (Å²) in [5, 5.41) is 1.11. The van der Waals surface area contributed by atoms with Crippen molar-refractivity contribution in [2.75, 3.05) is 0 Å². The first-order valence-electron chi connectivity index (χ1n) is 6.28. The molecular weight excluding hydrogens is 292 g/mol. The number of halogens is 1. The number of carbonyl (C=O) groups is 1. The molecule has 20 heavy (non-hydrogen) atoms. The zero-order valence-corrected chi connectivity index (χ0v) is 12.1. The molecule has 0 N–H and O–H groups in total. The standard InChI is InChI=1S/C16H11ClO2S/c17-15(18)8-6-10-5-7-14-12(9-10)16(19)11-3-1-2-4-13(11)20-14/h1-5,7,9H,6,8H2. The molecule has 3 rings (SSSR count). The summed E-state index contributed by atoms with van der Waals surface area (Å²) in [6.45, 7) is 0. The average Bonchev–Trinajstić information content (AvgIpc) is 2.46. The number of hydrogen-bond acceptors (Lipinski definition) is 3. The molecule has 0 aliphatic heterocycles. The quantitative estimate of drug-likeness (QED) is 0.539. The van der Waals surface area contributed by atoms with Crippen LogP contribution in [0.15, 0.2) is 47.3 Å². The molecule has 0 radical (unpaired) electrons. The Morgan fingerprint density at radius 3 is 2.60 bits per heavy atom. The van der Waals surface area contributed by atoms with Crippen molar-refractivity contribution in [1.82, 2.24) is 0 Å². The topological polar surface area (TPSA) is 34.1 Å². The van der Waals surface area contributed by atoms with Crippen LogP contribution in [0.5, 0.6) is 0 Å². The second-order valence-corrected chi connectivity index (χ2v) is 6.12. The van der Waals surface area contributed by atoms with E-state index in [4.69, 9.17) is 11.6 Å². The first-order chi connectivity index (χ1) is 9.65. The Morgan fingerprint density at radius 1 is 1.05 bits per heavy atom. The first-order valence-corrected chi connectivity index (χ1v) is 7.47. The van der Waals surface area contributed by atoms with Crippen LogP contribution in [0, 0.1) is 0 Å². The predicted molar refractivity (Wildman–Crippen MR) is 84.8 cm³/mol. The molecule has 100 valence electrons. The van der Waals surface area contributed by atoms with Crippen molar-refractivity contribution >= 4 is 48.4 Å². The molecule has 2 nitrogen and oxygen atoms in total. The van der Waals surface area contributed by atoms with E-state index in [1.165, 1.54) is 0 Å². The van der Waals surface area contributed by atoms with E-state index in [0.29, 0.717) is 11.8 Å². The molecule has 0 aliphatic rings. The molecule has 0 unspecified atom stereocenters. The van der Waals surface area contributed by atoms with Gasteiger partial charge in [-0.3, -0.25) is 9.59 Å². The molecule has 0 aliphatic carbocycles. The molecule has 0 saturated carbocycles. The molecule has 0 atom stereocenters. The highest BCUT2D eigenvalue weighted by Gasteiger charge is 2.07. The summed E-state index contributed by atoms with van der Waals surface area (Å²) in [6.07, 6.45) is 0.855. The number of hydrogen-bond donors (Lipinski definition) is 0. The zero-order valence-electron chi connectivity index (χ0n) is 10.6. The lowest BCUT2D eigenvalue weighted by atomic mass is 10.1. The van der Waals surface area contributed by atoms with Crippen molar-refractivity contribution in [2.24, 2.45) is 0 Å². The maximum Gasteiger partial charge on any atom is 0.221 e. The van der Waals surface area contributed by atoms with Crippen LogP contribution in [0.3, 0.4) is 0 Å². The van der Waals surface area contributed by atoms with Crippen molar-refractivity contribution in [3.8, 4) is 0 Å². The van der Waals surface area contributed by atoms with E-state index in [-0.39, 0.29) is 17.1 Å². The van der Waals surface area contributed by atoms with E-state index < -0.39 is 0 Å². The van der Waals surface area contributed by atoms with Gasteiger partial charge in [-0.1, -0.05) is 18.2 Å². The SMILES string of the molecule is O=C(Cl)CCc1ccc2sc3ccccc3c(=O)c2c1. The van der Waals surface area contributed by atoms with Gasteiger partial charge in [0.05, 0.1) is 0 Å². The van der Waals surface area contributed by atoms with Gasteiger partial charge in [0.2, 0.25) is 5.24 Å². The van der Waals surface area contributed by atoms with Gasteiger partial charge in [0.15, 0.2) is 5.43 Å². The van der Waals surface area contributed by atoms with Crippen LogP contribution >= 0.6 is 22.9 Å². The fourth-order valence-corrected chi connectivity index (χ4v) is 3.39. The Balaban J connectivity index is 2.18. The fourth-order valence-electron chi connectivity index (χ4n) is 2.25. The number of fused-ring (bicyclic) bond motifs is 2.